The van der Waals surface area contributed by atoms with Gasteiger partial charge in [-0.3, -0.25) is 0 Å². The summed E-state index contributed by atoms with van der Waals surface area (Å²) in [6.45, 7) is 6.13. The third-order valence-electron chi connectivity index (χ3n) is 5.13. The van der Waals surface area contributed by atoms with Crippen LogP contribution in [-0.2, 0) is 23.7 Å². The molecule has 2 aliphatic rings. The molecule has 0 aromatic carbocycles. The number of hydrogen-bond donors (Lipinski definition) is 0. The van der Waals surface area contributed by atoms with Crippen LogP contribution in [0.5, 0.6) is 0 Å². The summed E-state index contributed by atoms with van der Waals surface area (Å²) >= 11 is 0. The lowest BCUT2D eigenvalue weighted by molar-refractivity contribution is -0.171. The summed E-state index contributed by atoms with van der Waals surface area (Å²) in [7, 11) is 1.53. The van der Waals surface area contributed by atoms with E-state index in [9.17, 15) is 4.79 Å². The molecule has 4 unspecified atom stereocenters. The molecule has 132 valence electrons. The standard InChI is InChI=1S/C18H30O5/c1-4-15-8-14-6-5-7-16(9-14)17(15)22-12-23-18(19)13(2)10-21-11-20-3/h14-17H,2,4-12H2,1,3H3. The largest absolute Gasteiger partial charge is 0.435 e. The average Bonchev–Trinajstić information content (AvgIpc) is 2.56. The maximum atomic E-state index is 11.8. The van der Waals surface area contributed by atoms with Gasteiger partial charge in [-0.25, -0.2) is 4.79 Å². The van der Waals surface area contributed by atoms with Crippen LogP contribution in [0.25, 0.3) is 0 Å². The highest BCUT2D eigenvalue weighted by Crippen LogP contribution is 2.44. The summed E-state index contributed by atoms with van der Waals surface area (Å²) in [5.41, 5.74) is 0.277. The summed E-state index contributed by atoms with van der Waals surface area (Å²) in [6.07, 6.45) is 7.79. The molecule has 23 heavy (non-hydrogen) atoms. The molecule has 2 aliphatic carbocycles. The molecule has 0 aromatic rings. The van der Waals surface area contributed by atoms with Crippen LogP contribution in [-0.4, -0.2) is 39.4 Å². The van der Waals surface area contributed by atoms with Gasteiger partial charge < -0.3 is 18.9 Å². The number of hydrogen-bond acceptors (Lipinski definition) is 5. The number of rotatable bonds is 9. The van der Waals surface area contributed by atoms with Crippen molar-refractivity contribution in [1.29, 1.82) is 0 Å². The van der Waals surface area contributed by atoms with Gasteiger partial charge in [0.1, 0.15) is 6.79 Å². The van der Waals surface area contributed by atoms with Gasteiger partial charge >= 0.3 is 5.97 Å². The Morgan fingerprint density at radius 2 is 2.04 bits per heavy atom. The molecule has 4 atom stereocenters. The fourth-order valence-corrected chi connectivity index (χ4v) is 4.04. The van der Waals surface area contributed by atoms with Gasteiger partial charge in [0.25, 0.3) is 0 Å². The fourth-order valence-electron chi connectivity index (χ4n) is 4.04. The predicted octanol–water partition coefficient (Wildman–Crippen LogP) is 3.29. The highest BCUT2D eigenvalue weighted by atomic mass is 16.7. The molecule has 5 nitrogen and oxygen atoms in total. The number of fused-ring (bicyclic) bond motifs is 2. The Morgan fingerprint density at radius 3 is 2.78 bits per heavy atom. The Kier molecular flexibility index (Phi) is 7.53. The maximum absolute atomic E-state index is 11.8. The minimum atomic E-state index is -0.466. The first kappa shape index (κ1) is 18.4. The zero-order chi connectivity index (χ0) is 16.7. The lowest BCUT2D eigenvalue weighted by Crippen LogP contribution is -2.41. The molecule has 2 saturated carbocycles. The minimum Gasteiger partial charge on any atom is -0.435 e. The van der Waals surface area contributed by atoms with Gasteiger partial charge in [-0.2, -0.15) is 0 Å². The van der Waals surface area contributed by atoms with Crippen molar-refractivity contribution < 1.29 is 23.7 Å². The van der Waals surface area contributed by atoms with Gasteiger partial charge in [-0.05, 0) is 37.0 Å². The summed E-state index contributed by atoms with van der Waals surface area (Å²) in [5, 5.41) is 0. The number of esters is 1. The fraction of sp³-hybridized carbons (Fsp3) is 0.833. The van der Waals surface area contributed by atoms with E-state index in [4.69, 9.17) is 18.9 Å². The van der Waals surface area contributed by atoms with Crippen LogP contribution >= 0.6 is 0 Å². The smallest absolute Gasteiger partial charge is 0.337 e. The van der Waals surface area contributed by atoms with Crippen molar-refractivity contribution in [3.63, 3.8) is 0 Å². The molecule has 0 N–H and O–H groups in total. The van der Waals surface area contributed by atoms with Crippen LogP contribution in [0.3, 0.4) is 0 Å². The highest BCUT2D eigenvalue weighted by molar-refractivity contribution is 5.87. The van der Waals surface area contributed by atoms with Crippen LogP contribution in [0.15, 0.2) is 12.2 Å². The van der Waals surface area contributed by atoms with Crippen molar-refractivity contribution in [3.8, 4) is 0 Å². The Hall–Kier alpha value is -0.910. The number of ether oxygens (including phenoxy) is 4. The van der Waals surface area contributed by atoms with Crippen LogP contribution in [0.1, 0.15) is 45.4 Å². The van der Waals surface area contributed by atoms with Gasteiger partial charge in [0.05, 0.1) is 18.3 Å². The molecule has 5 heteroatoms. The monoisotopic (exact) mass is 326 g/mol. The summed E-state index contributed by atoms with van der Waals surface area (Å²) in [5.74, 6) is 1.62. The Bertz CT molecular complexity index is 393. The first-order valence-electron chi connectivity index (χ1n) is 8.68. The predicted molar refractivity (Wildman–Crippen MR) is 86.6 cm³/mol. The van der Waals surface area contributed by atoms with E-state index < -0.39 is 5.97 Å². The second-order valence-corrected chi connectivity index (χ2v) is 6.74. The molecule has 0 aromatic heterocycles. The van der Waals surface area contributed by atoms with E-state index in [-0.39, 0.29) is 31.9 Å². The van der Waals surface area contributed by atoms with E-state index in [1.54, 1.807) is 0 Å². The van der Waals surface area contributed by atoms with Gasteiger partial charge in [-0.1, -0.05) is 32.8 Å². The summed E-state index contributed by atoms with van der Waals surface area (Å²) < 4.78 is 21.0. The quantitative estimate of drug-likeness (QED) is 0.282. The van der Waals surface area contributed by atoms with Gasteiger partial charge in [0.15, 0.2) is 6.79 Å². The molecular formula is C18H30O5. The molecule has 2 fully saturated rings. The van der Waals surface area contributed by atoms with E-state index in [0.29, 0.717) is 11.8 Å². The lowest BCUT2D eigenvalue weighted by Gasteiger charge is -2.44. The lowest BCUT2D eigenvalue weighted by atomic mass is 9.65. The normalized spacial score (nSPS) is 30.0. The zero-order valence-electron chi connectivity index (χ0n) is 14.4. The second kappa shape index (κ2) is 9.40. The second-order valence-electron chi connectivity index (χ2n) is 6.74. The van der Waals surface area contributed by atoms with Gasteiger partial charge in [0.2, 0.25) is 0 Å². The minimum absolute atomic E-state index is 0.00443. The third kappa shape index (κ3) is 5.30. The molecule has 0 heterocycles. The third-order valence-corrected chi connectivity index (χ3v) is 5.13. The zero-order valence-corrected chi connectivity index (χ0v) is 14.4. The van der Waals surface area contributed by atoms with E-state index in [0.717, 1.165) is 12.3 Å². The molecule has 2 bridgehead atoms. The molecule has 0 radical (unpaired) electrons. The van der Waals surface area contributed by atoms with Gasteiger partial charge in [-0.15, -0.1) is 0 Å². The Morgan fingerprint density at radius 1 is 1.22 bits per heavy atom. The van der Waals surface area contributed by atoms with E-state index in [1.807, 2.05) is 0 Å². The van der Waals surface area contributed by atoms with E-state index in [1.165, 1.54) is 39.2 Å². The van der Waals surface area contributed by atoms with Crippen molar-refractivity contribution in [1.82, 2.24) is 0 Å². The summed E-state index contributed by atoms with van der Waals surface area (Å²) in [4.78, 5) is 11.8. The number of carbonyl (C=O) groups excluding carboxylic acids is 1. The SMILES string of the molecule is C=C(COCOC)C(=O)OCOC1C(CC)CC2CCCC1C2. The molecule has 0 spiro atoms. The Balaban J connectivity index is 1.73. The Labute approximate surface area is 139 Å². The molecule has 0 aliphatic heterocycles. The highest BCUT2D eigenvalue weighted by Gasteiger charge is 2.39. The molecular weight excluding hydrogens is 296 g/mol. The van der Waals surface area contributed by atoms with Crippen molar-refractivity contribution in [2.45, 2.75) is 51.6 Å². The summed E-state index contributed by atoms with van der Waals surface area (Å²) in [6, 6.07) is 0. The molecule has 0 amide bonds. The van der Waals surface area contributed by atoms with Crippen LogP contribution in [0.4, 0.5) is 0 Å². The van der Waals surface area contributed by atoms with Crippen molar-refractivity contribution in [3.05, 3.63) is 12.2 Å². The first-order valence-corrected chi connectivity index (χ1v) is 8.68. The van der Waals surface area contributed by atoms with Crippen molar-refractivity contribution in [2.24, 2.45) is 17.8 Å². The van der Waals surface area contributed by atoms with E-state index >= 15 is 0 Å². The molecule has 2 rings (SSSR count). The maximum Gasteiger partial charge on any atom is 0.337 e. The molecule has 0 saturated heterocycles. The van der Waals surface area contributed by atoms with Crippen LogP contribution in [0.2, 0.25) is 0 Å². The van der Waals surface area contributed by atoms with Crippen molar-refractivity contribution >= 4 is 5.97 Å². The van der Waals surface area contributed by atoms with Gasteiger partial charge in [0, 0.05) is 7.11 Å². The van der Waals surface area contributed by atoms with Crippen LogP contribution in [0, 0.1) is 17.8 Å². The number of carbonyl (C=O) groups is 1. The topological polar surface area (TPSA) is 54.0 Å². The van der Waals surface area contributed by atoms with Crippen molar-refractivity contribution in [2.75, 3.05) is 27.3 Å². The van der Waals surface area contributed by atoms with E-state index in [2.05, 4.69) is 13.5 Å². The average molecular weight is 326 g/mol. The number of methoxy groups -OCH3 is 1. The van der Waals surface area contributed by atoms with Crippen LogP contribution < -0.4 is 0 Å². The first-order chi connectivity index (χ1) is 11.2.